The first kappa shape index (κ1) is 41.2. The van der Waals surface area contributed by atoms with Gasteiger partial charge in [0.1, 0.15) is 25.1 Å². The van der Waals surface area contributed by atoms with Crippen molar-refractivity contribution < 1.29 is 33.0 Å². The molecule has 6 aliphatic rings. The Bertz CT molecular complexity index is 2200. The maximum atomic E-state index is 15.8. The Kier molecular flexibility index (Phi) is 11.7. The second-order valence-electron chi connectivity index (χ2n) is 17.0. The van der Waals surface area contributed by atoms with E-state index >= 15 is 4.39 Å². The zero-order valence-electron chi connectivity index (χ0n) is 35.0. The predicted molar refractivity (Wildman–Crippen MR) is 229 cm³/mol. The summed E-state index contributed by atoms with van der Waals surface area (Å²) in [6, 6.07) is 8.35. The molecule has 1 unspecified atom stereocenters. The van der Waals surface area contributed by atoms with Gasteiger partial charge in [-0.15, -0.1) is 10.2 Å². The summed E-state index contributed by atoms with van der Waals surface area (Å²) in [5.74, 6) is 0.410. The summed E-state index contributed by atoms with van der Waals surface area (Å²) in [6.07, 6.45) is 4.46. The quantitative estimate of drug-likeness (QED) is 0.204. The molecule has 9 rings (SSSR count). The molecule has 62 heavy (non-hydrogen) atoms. The molecule has 0 aliphatic carbocycles. The maximum Gasteiger partial charge on any atom is 0.320 e. The first-order valence-corrected chi connectivity index (χ1v) is 21.7. The van der Waals surface area contributed by atoms with Crippen molar-refractivity contribution in [3.8, 4) is 11.5 Å². The number of likely N-dealkylation sites (N-methyl/N-ethyl adjacent to an activating group) is 1. The van der Waals surface area contributed by atoms with Crippen molar-refractivity contribution in [3.05, 3.63) is 41.8 Å². The van der Waals surface area contributed by atoms with Gasteiger partial charge in [0, 0.05) is 91.1 Å². The molecule has 0 radical (unpaired) electrons. The number of piperazine rings is 1. The van der Waals surface area contributed by atoms with Gasteiger partial charge in [-0.25, -0.2) is 9.18 Å². The number of hydrogen-bond donors (Lipinski definition) is 4. The molecule has 1 aromatic heterocycles. The molecular weight excluding hydrogens is 802 g/mol. The second-order valence-corrected chi connectivity index (χ2v) is 17.0. The lowest BCUT2D eigenvalue weighted by atomic mass is 9.95. The molecule has 2 aromatic carbocycles. The molecule has 0 saturated carbocycles. The fourth-order valence-corrected chi connectivity index (χ4v) is 9.48. The summed E-state index contributed by atoms with van der Waals surface area (Å²) in [5, 5.41) is 17.0. The van der Waals surface area contributed by atoms with Gasteiger partial charge >= 0.3 is 6.03 Å². The number of nitrogens with zero attached hydrogens (tertiary/aromatic N) is 9. The highest BCUT2D eigenvalue weighted by Crippen LogP contribution is 2.46. The number of carbonyl (C=O) groups excluding carboxylic acids is 4. The van der Waals surface area contributed by atoms with Gasteiger partial charge in [0.05, 0.1) is 23.1 Å². The van der Waals surface area contributed by atoms with Crippen LogP contribution in [0.1, 0.15) is 49.0 Å². The van der Waals surface area contributed by atoms with Crippen LogP contribution in [0.3, 0.4) is 0 Å². The van der Waals surface area contributed by atoms with E-state index in [4.69, 9.17) is 15.2 Å². The van der Waals surface area contributed by atoms with E-state index in [9.17, 15) is 19.2 Å². The number of hydrogen-bond acceptors (Lipinski definition) is 15. The summed E-state index contributed by atoms with van der Waals surface area (Å²) in [6.45, 7) is 9.14. The fourth-order valence-electron chi connectivity index (χ4n) is 9.48. The van der Waals surface area contributed by atoms with Crippen molar-refractivity contribution in [2.24, 2.45) is 11.7 Å². The van der Waals surface area contributed by atoms with E-state index in [1.807, 2.05) is 21.9 Å². The van der Waals surface area contributed by atoms with Gasteiger partial charge in [-0.1, -0.05) is 0 Å². The highest BCUT2D eigenvalue weighted by atomic mass is 19.1. The van der Waals surface area contributed by atoms with Crippen LogP contribution in [0.2, 0.25) is 0 Å². The Morgan fingerprint density at radius 2 is 1.63 bits per heavy atom. The van der Waals surface area contributed by atoms with Crippen molar-refractivity contribution >= 4 is 58.3 Å². The molecule has 5 saturated heterocycles. The van der Waals surface area contributed by atoms with Gasteiger partial charge in [-0.05, 0) is 68.4 Å². The topological polar surface area (TPSA) is 207 Å². The van der Waals surface area contributed by atoms with Crippen LogP contribution in [-0.2, 0) is 9.59 Å². The monoisotopic (exact) mass is 855 g/mol. The summed E-state index contributed by atoms with van der Waals surface area (Å²) in [5.41, 5.74) is 8.06. The van der Waals surface area contributed by atoms with E-state index in [0.29, 0.717) is 99.3 Å². The number of benzene rings is 2. The molecule has 7 heterocycles. The van der Waals surface area contributed by atoms with E-state index < -0.39 is 17.8 Å². The van der Waals surface area contributed by atoms with Crippen molar-refractivity contribution in [1.29, 1.82) is 0 Å². The Labute approximate surface area is 359 Å². The third-order valence-electron chi connectivity index (χ3n) is 12.9. The van der Waals surface area contributed by atoms with Gasteiger partial charge in [-0.3, -0.25) is 24.6 Å². The van der Waals surface area contributed by atoms with Crippen LogP contribution >= 0.6 is 0 Å². The second kappa shape index (κ2) is 17.7. The predicted octanol–water partition coefficient (Wildman–Crippen LogP) is 2.22. The summed E-state index contributed by atoms with van der Waals surface area (Å²) < 4.78 is 28.0. The van der Waals surface area contributed by atoms with Gasteiger partial charge in [0.15, 0.2) is 23.0 Å². The Balaban J connectivity index is 0.774. The van der Waals surface area contributed by atoms with Crippen molar-refractivity contribution in [1.82, 2.24) is 35.2 Å². The Morgan fingerprint density at radius 3 is 2.35 bits per heavy atom. The SMILES string of the molecule is CN1CCN([C@@H]2CCCN(c3nnc(C(N)=O)c(Nc4ccc(N5CCN(CC6CCN(c7ccc(NC8CCC(=O)NC8=O)c8c7OCCO8)CC6)CC5)c(F)c4)n3)C2)C1=O. The standard InChI is InChI=1S/C42H54FN13O6/c1-51-15-20-56(42(51)60)28-3-2-12-55(25-28)41-48-39(35(38(44)58)49-50-41)45-27-4-7-32(29(43)23-27)54-18-16-52(17-19-54)24-26-10-13-53(14-11-26)33-8-5-30(36-37(33)62-22-21-61-36)46-31-6-9-34(57)47-40(31)59/h4-5,7-8,23,26,28,31,46H,2-3,6,9-22,24-25H2,1H3,(H2,44,58)(H,45,48,50)(H,47,57,59)/t28-,31?/m1/s1. The zero-order chi connectivity index (χ0) is 42.9. The van der Waals surface area contributed by atoms with Crippen LogP contribution in [0.5, 0.6) is 11.5 Å². The van der Waals surface area contributed by atoms with E-state index in [-0.39, 0.29) is 41.8 Å². The third kappa shape index (κ3) is 8.64. The molecule has 0 spiro atoms. The van der Waals surface area contributed by atoms with Crippen LogP contribution in [0.15, 0.2) is 30.3 Å². The molecule has 5 N–H and O–H groups in total. The van der Waals surface area contributed by atoms with Gasteiger partial charge in [0.25, 0.3) is 5.91 Å². The number of piperidine rings is 3. The van der Waals surface area contributed by atoms with E-state index in [1.54, 1.807) is 24.1 Å². The first-order chi connectivity index (χ1) is 30.1. The first-order valence-electron chi connectivity index (χ1n) is 21.7. The maximum absolute atomic E-state index is 15.8. The van der Waals surface area contributed by atoms with Gasteiger partial charge in [-0.2, -0.15) is 4.98 Å². The third-order valence-corrected chi connectivity index (χ3v) is 12.9. The molecule has 5 amide bonds. The number of halogens is 1. The average molecular weight is 856 g/mol. The lowest BCUT2D eigenvalue weighted by Gasteiger charge is -2.40. The number of rotatable bonds is 11. The molecule has 5 fully saturated rings. The molecule has 2 atom stereocenters. The van der Waals surface area contributed by atoms with E-state index in [2.05, 4.69) is 45.8 Å². The number of amides is 5. The zero-order valence-corrected chi connectivity index (χ0v) is 35.0. The smallest absolute Gasteiger partial charge is 0.320 e. The molecule has 330 valence electrons. The van der Waals surface area contributed by atoms with Gasteiger partial charge < -0.3 is 50.3 Å². The minimum atomic E-state index is -0.808. The number of primary amides is 1. The van der Waals surface area contributed by atoms with Crippen LogP contribution < -0.4 is 45.9 Å². The van der Waals surface area contributed by atoms with E-state index in [0.717, 1.165) is 64.1 Å². The highest BCUT2D eigenvalue weighted by molar-refractivity contribution is 6.01. The minimum absolute atomic E-state index is 0.00649. The molecule has 19 nitrogen and oxygen atoms in total. The lowest BCUT2D eigenvalue weighted by Crippen LogP contribution is -2.49. The molecule has 3 aromatic rings. The minimum Gasteiger partial charge on any atom is -0.484 e. The number of imide groups is 1. The number of ether oxygens (including phenoxy) is 2. The number of carbonyl (C=O) groups is 4. The van der Waals surface area contributed by atoms with Crippen molar-refractivity contribution in [2.45, 2.75) is 50.6 Å². The molecule has 6 aliphatic heterocycles. The number of fused-ring (bicyclic) bond motifs is 1. The normalized spacial score (nSPS) is 22.5. The number of anilines is 6. The Hall–Kier alpha value is -6.18. The summed E-state index contributed by atoms with van der Waals surface area (Å²) in [4.78, 5) is 66.1. The number of nitrogens with one attached hydrogen (secondary N) is 3. The van der Waals surface area contributed by atoms with Crippen LogP contribution in [0.4, 0.5) is 43.7 Å². The van der Waals surface area contributed by atoms with Crippen LogP contribution in [0.25, 0.3) is 0 Å². The largest absolute Gasteiger partial charge is 0.484 e. The highest BCUT2D eigenvalue weighted by Gasteiger charge is 2.36. The Morgan fingerprint density at radius 1 is 0.871 bits per heavy atom. The molecular formula is C42H54FN13O6. The van der Waals surface area contributed by atoms with Crippen molar-refractivity contribution in [3.63, 3.8) is 0 Å². The number of nitrogens with two attached hydrogens (primary N) is 1. The number of urea groups is 1. The van der Waals surface area contributed by atoms with Crippen LogP contribution in [0, 0.1) is 11.7 Å². The average Bonchev–Trinajstić information content (AvgIpc) is 3.62. The summed E-state index contributed by atoms with van der Waals surface area (Å²) in [7, 11) is 1.80. The molecule has 0 bridgehead atoms. The van der Waals surface area contributed by atoms with Crippen molar-refractivity contribution in [2.75, 3.05) is 118 Å². The van der Waals surface area contributed by atoms with E-state index in [1.165, 1.54) is 6.07 Å². The number of aromatic nitrogens is 3. The van der Waals surface area contributed by atoms with Gasteiger partial charge in [0.2, 0.25) is 17.8 Å². The summed E-state index contributed by atoms with van der Waals surface area (Å²) >= 11 is 0. The molecule has 20 heteroatoms. The fraction of sp³-hybridized carbons (Fsp3) is 0.548. The van der Waals surface area contributed by atoms with Crippen LogP contribution in [-0.4, -0.2) is 158 Å². The lowest BCUT2D eigenvalue weighted by molar-refractivity contribution is -0.133.